The molecule has 0 radical (unpaired) electrons. The highest BCUT2D eigenvalue weighted by atomic mass is 35.5. The summed E-state index contributed by atoms with van der Waals surface area (Å²) < 4.78 is 0. The molecule has 1 aromatic rings. The van der Waals surface area contributed by atoms with Gasteiger partial charge in [0.1, 0.15) is 5.03 Å². The molecule has 6 heteroatoms. The first-order valence-corrected chi connectivity index (χ1v) is 4.99. The monoisotopic (exact) mass is 258 g/mol. The van der Waals surface area contributed by atoms with Crippen molar-refractivity contribution in [1.82, 2.24) is 0 Å². The van der Waals surface area contributed by atoms with E-state index < -0.39 is 11.0 Å². The molecular weight excluding hydrogens is 251 g/mol. The summed E-state index contributed by atoms with van der Waals surface area (Å²) in [6, 6.07) is 9.13. The van der Waals surface area contributed by atoms with Gasteiger partial charge in [-0.1, -0.05) is 41.4 Å². The van der Waals surface area contributed by atoms with E-state index in [0.29, 0.717) is 0 Å². The van der Waals surface area contributed by atoms with Crippen molar-refractivity contribution < 1.29 is 9.90 Å². The lowest BCUT2D eigenvalue weighted by Crippen LogP contribution is -1.97. The SMILES string of the molecule is O=C(O)/C(Cl)=C(Cl)\C=N/Nc1ccccc1. The second kappa shape index (κ2) is 6.15. The average Bonchev–Trinajstić information content (AvgIpc) is 2.29. The van der Waals surface area contributed by atoms with E-state index in [1.807, 2.05) is 18.2 Å². The maximum atomic E-state index is 10.4. The molecule has 0 spiro atoms. The van der Waals surface area contributed by atoms with Crippen LogP contribution in [0.3, 0.4) is 0 Å². The highest BCUT2D eigenvalue weighted by molar-refractivity contribution is 6.51. The Bertz CT molecular complexity index is 430. The molecule has 0 saturated heterocycles. The van der Waals surface area contributed by atoms with Crippen LogP contribution in [-0.4, -0.2) is 17.3 Å². The number of allylic oxidation sites excluding steroid dienone is 1. The van der Waals surface area contributed by atoms with Gasteiger partial charge in [0.25, 0.3) is 0 Å². The predicted octanol–water partition coefficient (Wildman–Crippen LogP) is 2.86. The van der Waals surface area contributed by atoms with Crippen LogP contribution in [0.25, 0.3) is 0 Å². The van der Waals surface area contributed by atoms with Crippen LogP contribution < -0.4 is 5.43 Å². The van der Waals surface area contributed by atoms with Crippen molar-refractivity contribution >= 4 is 41.1 Å². The lowest BCUT2D eigenvalue weighted by molar-refractivity contribution is -0.131. The fourth-order valence-electron chi connectivity index (χ4n) is 0.835. The van der Waals surface area contributed by atoms with Crippen LogP contribution in [0.15, 0.2) is 45.5 Å². The summed E-state index contributed by atoms with van der Waals surface area (Å²) in [5.74, 6) is -1.29. The maximum Gasteiger partial charge on any atom is 0.348 e. The molecule has 0 aromatic heterocycles. The largest absolute Gasteiger partial charge is 0.477 e. The Morgan fingerprint density at radius 1 is 1.31 bits per heavy atom. The lowest BCUT2D eigenvalue weighted by Gasteiger charge is -1.98. The summed E-state index contributed by atoms with van der Waals surface area (Å²) in [6.45, 7) is 0. The van der Waals surface area contributed by atoms with Crippen LogP contribution in [0, 0.1) is 0 Å². The van der Waals surface area contributed by atoms with Gasteiger partial charge in [-0.05, 0) is 12.1 Å². The third-order valence-corrected chi connectivity index (χ3v) is 2.29. The zero-order chi connectivity index (χ0) is 12.0. The molecule has 0 heterocycles. The molecule has 0 saturated carbocycles. The molecular formula is C10H8Cl2N2O2. The van der Waals surface area contributed by atoms with Gasteiger partial charge in [0.05, 0.1) is 16.9 Å². The quantitative estimate of drug-likeness (QED) is 0.496. The molecule has 0 atom stereocenters. The number of hydrogen-bond donors (Lipinski definition) is 2. The highest BCUT2D eigenvalue weighted by Crippen LogP contribution is 2.12. The average molecular weight is 259 g/mol. The van der Waals surface area contributed by atoms with Gasteiger partial charge < -0.3 is 5.11 Å². The zero-order valence-electron chi connectivity index (χ0n) is 8.02. The van der Waals surface area contributed by atoms with E-state index in [1.165, 1.54) is 0 Å². The number of rotatable bonds is 4. The molecule has 1 aromatic carbocycles. The van der Waals surface area contributed by atoms with Crippen molar-refractivity contribution in [3.8, 4) is 0 Å². The van der Waals surface area contributed by atoms with Crippen LogP contribution >= 0.6 is 23.2 Å². The number of carboxylic acids is 1. The minimum Gasteiger partial charge on any atom is -0.477 e. The van der Waals surface area contributed by atoms with Crippen LogP contribution in [0.4, 0.5) is 5.69 Å². The van der Waals surface area contributed by atoms with E-state index in [2.05, 4.69) is 10.5 Å². The molecule has 0 fully saturated rings. The number of nitrogens with one attached hydrogen (secondary N) is 1. The number of halogens is 2. The van der Waals surface area contributed by atoms with Gasteiger partial charge in [-0.15, -0.1) is 0 Å². The van der Waals surface area contributed by atoms with Crippen molar-refractivity contribution in [2.45, 2.75) is 0 Å². The Morgan fingerprint density at radius 2 is 1.94 bits per heavy atom. The third-order valence-electron chi connectivity index (χ3n) is 1.54. The summed E-state index contributed by atoms with van der Waals surface area (Å²) in [5.41, 5.74) is 3.43. The first-order chi connectivity index (χ1) is 7.61. The van der Waals surface area contributed by atoms with E-state index in [1.54, 1.807) is 12.1 Å². The van der Waals surface area contributed by atoms with Crippen molar-refractivity contribution in [1.29, 1.82) is 0 Å². The fourth-order valence-corrected chi connectivity index (χ4v) is 1.01. The number of nitrogens with zero attached hydrogens (tertiary/aromatic N) is 1. The van der Waals surface area contributed by atoms with E-state index in [4.69, 9.17) is 28.3 Å². The van der Waals surface area contributed by atoms with Gasteiger partial charge in [0, 0.05) is 0 Å². The standard InChI is InChI=1S/C10H8Cl2N2O2/c11-8(9(12)10(15)16)6-13-14-7-4-2-1-3-5-7/h1-6,14H,(H,15,16)/b9-8-,13-6-. The molecule has 0 aliphatic rings. The number of hydrazone groups is 1. The first-order valence-electron chi connectivity index (χ1n) is 4.24. The number of aliphatic carboxylic acids is 1. The number of carbonyl (C=O) groups is 1. The zero-order valence-corrected chi connectivity index (χ0v) is 9.53. The molecule has 16 heavy (non-hydrogen) atoms. The van der Waals surface area contributed by atoms with Crippen LogP contribution in [0.5, 0.6) is 0 Å². The Morgan fingerprint density at radius 3 is 2.50 bits per heavy atom. The smallest absolute Gasteiger partial charge is 0.348 e. The third kappa shape index (κ3) is 3.92. The molecule has 0 aliphatic heterocycles. The molecule has 0 bridgehead atoms. The fraction of sp³-hybridized carbons (Fsp3) is 0. The van der Waals surface area contributed by atoms with Crippen LogP contribution in [0.2, 0.25) is 0 Å². The summed E-state index contributed by atoms with van der Waals surface area (Å²) in [4.78, 5) is 10.4. The number of para-hydroxylation sites is 1. The number of benzene rings is 1. The summed E-state index contributed by atoms with van der Waals surface area (Å²) in [7, 11) is 0. The molecule has 84 valence electrons. The van der Waals surface area contributed by atoms with Gasteiger partial charge in [-0.2, -0.15) is 5.10 Å². The summed E-state index contributed by atoms with van der Waals surface area (Å²) >= 11 is 10.9. The lowest BCUT2D eigenvalue weighted by atomic mass is 10.3. The summed E-state index contributed by atoms with van der Waals surface area (Å²) in [5, 5.41) is 11.6. The molecule has 2 N–H and O–H groups in total. The number of carboxylic acid groups (broad SMARTS) is 1. The van der Waals surface area contributed by atoms with Gasteiger partial charge >= 0.3 is 5.97 Å². The molecule has 1 rings (SSSR count). The van der Waals surface area contributed by atoms with Gasteiger partial charge in [-0.25, -0.2) is 4.79 Å². The minimum atomic E-state index is -1.29. The van der Waals surface area contributed by atoms with E-state index in [-0.39, 0.29) is 5.03 Å². The Labute approximate surface area is 102 Å². The van der Waals surface area contributed by atoms with Gasteiger partial charge in [0.2, 0.25) is 0 Å². The Hall–Kier alpha value is -1.52. The van der Waals surface area contributed by atoms with E-state index in [0.717, 1.165) is 11.9 Å². The predicted molar refractivity (Wildman–Crippen MR) is 64.9 cm³/mol. The van der Waals surface area contributed by atoms with Crippen molar-refractivity contribution in [3.05, 3.63) is 40.4 Å². The second-order valence-electron chi connectivity index (χ2n) is 2.70. The van der Waals surface area contributed by atoms with Crippen molar-refractivity contribution in [2.24, 2.45) is 5.10 Å². The summed E-state index contributed by atoms with van der Waals surface area (Å²) in [6.07, 6.45) is 1.13. The Kier molecular flexibility index (Phi) is 4.82. The van der Waals surface area contributed by atoms with Crippen LogP contribution in [-0.2, 0) is 4.79 Å². The normalized spacial score (nSPS) is 12.4. The topological polar surface area (TPSA) is 61.7 Å². The highest BCUT2D eigenvalue weighted by Gasteiger charge is 2.07. The van der Waals surface area contributed by atoms with Gasteiger partial charge in [0.15, 0.2) is 0 Å². The maximum absolute atomic E-state index is 10.4. The second-order valence-corrected chi connectivity index (χ2v) is 3.49. The minimum absolute atomic E-state index is 0.141. The van der Waals surface area contributed by atoms with Crippen molar-refractivity contribution in [3.63, 3.8) is 0 Å². The number of hydrogen-bond acceptors (Lipinski definition) is 3. The van der Waals surface area contributed by atoms with Gasteiger partial charge in [-0.3, -0.25) is 5.43 Å². The first kappa shape index (κ1) is 12.5. The molecule has 0 amide bonds. The van der Waals surface area contributed by atoms with Crippen molar-refractivity contribution in [2.75, 3.05) is 5.43 Å². The van der Waals surface area contributed by atoms with E-state index >= 15 is 0 Å². The van der Waals surface area contributed by atoms with Crippen LogP contribution in [0.1, 0.15) is 0 Å². The molecule has 4 nitrogen and oxygen atoms in total. The Balaban J connectivity index is 2.63. The van der Waals surface area contributed by atoms with E-state index in [9.17, 15) is 4.79 Å². The molecule has 0 aliphatic carbocycles. The number of anilines is 1. The molecule has 0 unspecified atom stereocenters.